The van der Waals surface area contributed by atoms with Crippen LogP contribution in [-0.4, -0.2) is 47.7 Å². The molecule has 1 aromatic heterocycles. The van der Waals surface area contributed by atoms with Crippen molar-refractivity contribution in [2.75, 3.05) is 18.9 Å². The van der Waals surface area contributed by atoms with Crippen molar-refractivity contribution >= 4 is 5.82 Å². The summed E-state index contributed by atoms with van der Waals surface area (Å²) >= 11 is 0. The van der Waals surface area contributed by atoms with Crippen LogP contribution >= 0.6 is 0 Å². The van der Waals surface area contributed by atoms with Gasteiger partial charge in [-0.15, -0.1) is 6.58 Å². The van der Waals surface area contributed by atoms with Gasteiger partial charge in [-0.3, -0.25) is 0 Å². The minimum absolute atomic E-state index is 0.118. The first-order valence-electron chi connectivity index (χ1n) is 12.0. The average molecular weight is 506 g/mol. The maximum absolute atomic E-state index is 12.9. The molecule has 2 fully saturated rings. The second kappa shape index (κ2) is 14.3. The molecule has 0 aromatic carbocycles. The summed E-state index contributed by atoms with van der Waals surface area (Å²) in [6.45, 7) is 11.0. The number of nitrogens with one attached hydrogen (secondary N) is 2. The Morgan fingerprint density at radius 3 is 2.31 bits per heavy atom. The van der Waals surface area contributed by atoms with Crippen LogP contribution in [0.5, 0.6) is 0 Å². The number of rotatable bonds is 6. The van der Waals surface area contributed by atoms with Gasteiger partial charge < -0.3 is 21.3 Å². The molecule has 0 amide bonds. The summed E-state index contributed by atoms with van der Waals surface area (Å²) in [5, 5.41) is 5.41. The minimum Gasteiger partial charge on any atom is -0.373 e. The third kappa shape index (κ3) is 10.8. The summed E-state index contributed by atoms with van der Waals surface area (Å²) in [7, 11) is 1.76. The Bertz CT molecular complexity index is 774. The van der Waals surface area contributed by atoms with Gasteiger partial charge in [0.25, 0.3) is 0 Å². The van der Waals surface area contributed by atoms with E-state index in [1.807, 2.05) is 26.0 Å². The zero-order valence-corrected chi connectivity index (χ0v) is 21.0. The van der Waals surface area contributed by atoms with Crippen molar-refractivity contribution in [3.8, 4) is 0 Å². The van der Waals surface area contributed by atoms with Gasteiger partial charge in [0, 0.05) is 38.7 Å². The molecule has 35 heavy (non-hydrogen) atoms. The van der Waals surface area contributed by atoms with Crippen molar-refractivity contribution in [1.82, 2.24) is 15.2 Å². The summed E-state index contributed by atoms with van der Waals surface area (Å²) in [5.41, 5.74) is 6.11. The van der Waals surface area contributed by atoms with Crippen molar-refractivity contribution in [2.45, 2.75) is 89.0 Å². The molecule has 10 heteroatoms. The summed E-state index contributed by atoms with van der Waals surface area (Å²) in [6.07, 6.45) is 3.36. The molecule has 3 atom stereocenters. The highest BCUT2D eigenvalue weighted by Crippen LogP contribution is 2.35. The first-order chi connectivity index (χ1) is 16.3. The molecular formula is C25H40F5N5. The largest absolute Gasteiger partial charge is 0.410 e. The van der Waals surface area contributed by atoms with Crippen molar-refractivity contribution < 1.29 is 22.0 Å². The predicted molar refractivity (Wildman–Crippen MR) is 132 cm³/mol. The van der Waals surface area contributed by atoms with Gasteiger partial charge in [-0.25, -0.2) is 13.8 Å². The Morgan fingerprint density at radius 1 is 1.31 bits per heavy atom. The number of alkyl halides is 5. The summed E-state index contributed by atoms with van der Waals surface area (Å²) in [6, 6.07) is 2.15. The van der Waals surface area contributed by atoms with Crippen molar-refractivity contribution in [1.29, 1.82) is 0 Å². The Hall–Kier alpha value is -2.36. The van der Waals surface area contributed by atoms with Crippen molar-refractivity contribution in [3.05, 3.63) is 48.9 Å². The van der Waals surface area contributed by atoms with Gasteiger partial charge in [0.2, 0.25) is 5.92 Å². The Labute approximate surface area is 206 Å². The van der Waals surface area contributed by atoms with Crippen molar-refractivity contribution in [2.24, 2.45) is 5.73 Å². The number of hydrogen-bond donors (Lipinski definition) is 3. The highest BCUT2D eigenvalue weighted by molar-refractivity contribution is 5.38. The molecule has 0 bridgehead atoms. The van der Waals surface area contributed by atoms with Crippen molar-refractivity contribution in [3.63, 3.8) is 0 Å². The number of halogens is 5. The molecule has 1 aliphatic heterocycles. The predicted octanol–water partition coefficient (Wildman–Crippen LogP) is 6.38. The fourth-order valence-electron chi connectivity index (χ4n) is 3.77. The van der Waals surface area contributed by atoms with E-state index < -0.39 is 18.1 Å². The van der Waals surface area contributed by atoms with E-state index >= 15 is 0 Å². The van der Waals surface area contributed by atoms with Crippen LogP contribution < -0.4 is 16.4 Å². The molecule has 200 valence electrons. The van der Waals surface area contributed by atoms with E-state index in [2.05, 4.69) is 28.8 Å². The summed E-state index contributed by atoms with van der Waals surface area (Å²) < 4.78 is 63.2. The Morgan fingerprint density at radius 2 is 1.91 bits per heavy atom. The number of nitrogens with two attached hydrogens (primary N) is 1. The molecule has 2 aliphatic rings. The first-order valence-corrected chi connectivity index (χ1v) is 12.0. The lowest BCUT2D eigenvalue weighted by atomic mass is 9.97. The maximum Gasteiger partial charge on any atom is 0.410 e. The van der Waals surface area contributed by atoms with Crippen LogP contribution in [0, 0.1) is 0 Å². The van der Waals surface area contributed by atoms with Crippen LogP contribution in [0.4, 0.5) is 27.8 Å². The fraction of sp³-hybridized carbons (Fsp3) is 0.640. The molecule has 2 heterocycles. The maximum atomic E-state index is 12.9. The normalized spacial score (nSPS) is 20.9. The molecule has 0 spiro atoms. The molecule has 5 nitrogen and oxygen atoms in total. The molecule has 4 N–H and O–H groups in total. The zero-order chi connectivity index (χ0) is 26.6. The zero-order valence-electron chi connectivity index (χ0n) is 21.0. The molecule has 1 saturated carbocycles. The lowest BCUT2D eigenvalue weighted by molar-refractivity contribution is -0.150. The molecule has 1 aliphatic carbocycles. The van der Waals surface area contributed by atoms with E-state index in [9.17, 15) is 22.0 Å². The van der Waals surface area contributed by atoms with Gasteiger partial charge in [-0.05, 0) is 43.9 Å². The van der Waals surface area contributed by atoms with Crippen LogP contribution in [0.25, 0.3) is 0 Å². The topological polar surface area (TPSA) is 66.2 Å². The van der Waals surface area contributed by atoms with Gasteiger partial charge in [0.1, 0.15) is 11.9 Å². The lowest BCUT2D eigenvalue weighted by Crippen LogP contribution is -2.39. The van der Waals surface area contributed by atoms with E-state index in [1.165, 1.54) is 0 Å². The third-order valence-corrected chi connectivity index (χ3v) is 5.78. The highest BCUT2D eigenvalue weighted by Gasteiger charge is 2.46. The fourth-order valence-corrected chi connectivity index (χ4v) is 3.77. The number of nitrogens with zero attached hydrogens (tertiary/aromatic N) is 2. The SMILES string of the molecule is C=C1NC(C(F)(F)F)CN1C(CCC)c1ccnc(NC)c1.C=CC(C)N.FC1(F)CCCCC1. The highest BCUT2D eigenvalue weighted by atomic mass is 19.4. The molecule has 1 saturated heterocycles. The van der Waals surface area contributed by atoms with E-state index in [1.54, 1.807) is 24.2 Å². The van der Waals surface area contributed by atoms with E-state index in [0.29, 0.717) is 24.5 Å². The molecule has 1 aromatic rings. The number of pyridine rings is 1. The quantitative estimate of drug-likeness (QED) is 0.309. The monoisotopic (exact) mass is 505 g/mol. The average Bonchev–Trinajstić information content (AvgIpc) is 3.20. The van der Waals surface area contributed by atoms with Gasteiger partial charge >= 0.3 is 6.18 Å². The van der Waals surface area contributed by atoms with Crippen LogP contribution in [0.1, 0.15) is 70.4 Å². The van der Waals surface area contributed by atoms with Crippen LogP contribution in [0.3, 0.4) is 0 Å². The molecule has 3 rings (SSSR count). The molecule has 0 radical (unpaired) electrons. The minimum atomic E-state index is -4.27. The van der Waals surface area contributed by atoms with Crippen LogP contribution in [-0.2, 0) is 0 Å². The van der Waals surface area contributed by atoms with Crippen LogP contribution in [0.15, 0.2) is 43.4 Å². The second-order valence-corrected chi connectivity index (χ2v) is 8.88. The summed E-state index contributed by atoms with van der Waals surface area (Å²) in [5.74, 6) is -1.30. The number of hydrogen-bond acceptors (Lipinski definition) is 5. The first kappa shape index (κ1) is 30.7. The third-order valence-electron chi connectivity index (χ3n) is 5.78. The van der Waals surface area contributed by atoms with Gasteiger partial charge in [-0.2, -0.15) is 13.2 Å². The Kier molecular flexibility index (Phi) is 12.5. The van der Waals surface area contributed by atoms with E-state index in [4.69, 9.17) is 5.73 Å². The summed E-state index contributed by atoms with van der Waals surface area (Å²) in [4.78, 5) is 5.86. The Balaban J connectivity index is 0.000000385. The van der Waals surface area contributed by atoms with Gasteiger partial charge in [-0.1, -0.05) is 32.4 Å². The number of anilines is 1. The smallest absolute Gasteiger partial charge is 0.373 e. The van der Waals surface area contributed by atoms with Gasteiger partial charge in [0.05, 0.1) is 11.9 Å². The molecule has 3 unspecified atom stereocenters. The standard InChI is InChI=1S/C15H21F3N4.C6H10F2.C4H9N/c1-4-5-12(11-6-7-20-14(8-11)19-3)22-9-13(15(16,17)18)21-10(22)2;7-6(8)4-2-1-3-5-6;1-3-4(2)5/h6-8,12-13,21H,2,4-5,9H2,1,3H3,(H,19,20);1-5H2;3-4H,1,5H2,2H3. The lowest BCUT2D eigenvalue weighted by Gasteiger charge is -2.30. The van der Waals surface area contributed by atoms with E-state index in [-0.39, 0.29) is 31.5 Å². The molecular weight excluding hydrogens is 465 g/mol. The van der Waals surface area contributed by atoms with Crippen LogP contribution in [0.2, 0.25) is 0 Å². The van der Waals surface area contributed by atoms with E-state index in [0.717, 1.165) is 24.8 Å². The van der Waals surface area contributed by atoms with Gasteiger partial charge in [0.15, 0.2) is 0 Å². The second-order valence-electron chi connectivity index (χ2n) is 8.88. The number of aromatic nitrogens is 1.